The fraction of sp³-hybridized carbons (Fsp3) is 0.231. The van der Waals surface area contributed by atoms with Crippen LogP contribution in [0.2, 0.25) is 0 Å². The van der Waals surface area contributed by atoms with Crippen LogP contribution in [0.1, 0.15) is 28.5 Å². The van der Waals surface area contributed by atoms with E-state index in [9.17, 15) is 15.0 Å². The van der Waals surface area contributed by atoms with Gasteiger partial charge in [0.05, 0.1) is 12.0 Å². The molecule has 1 aromatic heterocycles. The minimum atomic E-state index is -0.196. The van der Waals surface area contributed by atoms with Crippen LogP contribution in [0, 0.1) is 0 Å². The number of phenolic OH excluding ortho intramolecular Hbond substituents is 2. The number of phenols is 2. The van der Waals surface area contributed by atoms with Gasteiger partial charge >= 0.3 is 0 Å². The van der Waals surface area contributed by atoms with Crippen molar-refractivity contribution in [3.63, 3.8) is 0 Å². The van der Waals surface area contributed by atoms with Crippen LogP contribution in [0.5, 0.6) is 11.5 Å². The summed E-state index contributed by atoms with van der Waals surface area (Å²) < 4.78 is 0. The van der Waals surface area contributed by atoms with Crippen LogP contribution in [0.15, 0.2) is 24.7 Å². The molecule has 0 atom stereocenters. The highest BCUT2D eigenvalue weighted by Crippen LogP contribution is 2.28. The third-order valence-corrected chi connectivity index (χ3v) is 2.83. The second-order valence-electron chi connectivity index (χ2n) is 4.08. The fourth-order valence-electron chi connectivity index (χ4n) is 1.82. The van der Waals surface area contributed by atoms with Gasteiger partial charge in [-0.1, -0.05) is 6.92 Å². The summed E-state index contributed by atoms with van der Waals surface area (Å²) in [7, 11) is 0. The third kappa shape index (κ3) is 2.34. The van der Waals surface area contributed by atoms with E-state index in [0.717, 1.165) is 5.69 Å². The molecule has 0 aliphatic carbocycles. The summed E-state index contributed by atoms with van der Waals surface area (Å²) in [6.45, 7) is 1.88. The van der Waals surface area contributed by atoms with Crippen LogP contribution in [0.25, 0.3) is 0 Å². The second-order valence-corrected chi connectivity index (χ2v) is 4.08. The van der Waals surface area contributed by atoms with Crippen LogP contribution < -0.4 is 4.98 Å². The first-order chi connectivity index (χ1) is 8.61. The Morgan fingerprint density at radius 3 is 2.72 bits per heavy atom. The molecule has 0 spiro atoms. The number of aromatic hydroxyl groups is 2. The lowest BCUT2D eigenvalue weighted by Crippen LogP contribution is -2.05. The number of carbonyl (C=O) groups is 1. The molecule has 0 saturated carbocycles. The molecule has 0 aliphatic heterocycles. The highest BCUT2D eigenvalue weighted by atomic mass is 16.3. The van der Waals surface area contributed by atoms with Crippen LogP contribution in [0.3, 0.4) is 0 Å². The molecule has 4 N–H and O–H groups in total. The molecule has 94 valence electrons. The Morgan fingerprint density at radius 2 is 2.11 bits per heavy atom. The average molecular weight is 247 g/mol. The van der Waals surface area contributed by atoms with Crippen molar-refractivity contribution in [1.82, 2.24) is 4.98 Å². The Balaban J connectivity index is 2.30. The number of ketones is 1. The maximum atomic E-state index is 12.0. The van der Waals surface area contributed by atoms with Crippen molar-refractivity contribution in [2.24, 2.45) is 0 Å². The van der Waals surface area contributed by atoms with Gasteiger partial charge in [-0.3, -0.25) is 9.78 Å². The Kier molecular flexibility index (Phi) is 3.32. The van der Waals surface area contributed by atoms with Gasteiger partial charge in [0.1, 0.15) is 23.4 Å². The summed E-state index contributed by atoms with van der Waals surface area (Å²) in [6, 6.07) is 2.76. The van der Waals surface area contributed by atoms with Gasteiger partial charge in [0.2, 0.25) is 6.33 Å². The normalized spacial score (nSPS) is 10.5. The predicted octanol–water partition coefficient (Wildman–Crippen LogP) is 1.23. The molecule has 0 bridgehead atoms. The van der Waals surface area contributed by atoms with Crippen molar-refractivity contribution in [2.75, 3.05) is 0 Å². The molecule has 2 rings (SSSR count). The first-order valence-electron chi connectivity index (χ1n) is 5.73. The molecule has 1 aromatic carbocycles. The Morgan fingerprint density at radius 1 is 1.33 bits per heavy atom. The highest BCUT2D eigenvalue weighted by Gasteiger charge is 2.16. The molecule has 0 fully saturated rings. The number of rotatable bonds is 4. The number of Topliss-reactive ketones (excluding diaryl/α,β-unsaturated/α-hetero) is 1. The Labute approximate surface area is 104 Å². The quantitative estimate of drug-likeness (QED) is 0.710. The highest BCUT2D eigenvalue weighted by molar-refractivity contribution is 6.00. The van der Waals surface area contributed by atoms with Crippen LogP contribution in [-0.2, 0) is 12.8 Å². The third-order valence-electron chi connectivity index (χ3n) is 2.83. The van der Waals surface area contributed by atoms with Gasteiger partial charge in [0.15, 0.2) is 5.78 Å². The van der Waals surface area contributed by atoms with E-state index in [1.54, 1.807) is 18.6 Å². The van der Waals surface area contributed by atoms with Crippen molar-refractivity contribution >= 4 is 5.78 Å². The molecular weight excluding hydrogens is 232 g/mol. The number of hydrogen-bond acceptors (Lipinski definition) is 3. The number of imidazole rings is 1. The van der Waals surface area contributed by atoms with Gasteiger partial charge in [-0.2, -0.15) is 0 Å². The number of carbonyl (C=O) groups excluding carboxylic acids is 1. The van der Waals surface area contributed by atoms with E-state index >= 15 is 0 Å². The first-order valence-corrected chi connectivity index (χ1v) is 5.73. The maximum Gasteiger partial charge on any atom is 0.239 e. The predicted molar refractivity (Wildman–Crippen MR) is 64.5 cm³/mol. The first kappa shape index (κ1) is 12.2. The summed E-state index contributed by atoms with van der Waals surface area (Å²) in [5.41, 5.74) is 1.62. The Hall–Kier alpha value is -2.30. The largest absolute Gasteiger partial charge is 0.508 e. The van der Waals surface area contributed by atoms with E-state index in [-0.39, 0.29) is 29.3 Å². The molecule has 0 amide bonds. The number of benzene rings is 1. The van der Waals surface area contributed by atoms with Gasteiger partial charge in [-0.25, -0.2) is 4.98 Å². The SMILES string of the molecule is CCc1cc(C(=O)Cc2c[nH+]c[nH]2)c(O)cc1O. The number of nitrogens with one attached hydrogen (secondary N) is 2. The molecule has 0 saturated heterocycles. The van der Waals surface area contributed by atoms with E-state index in [1.807, 2.05) is 6.92 Å². The summed E-state index contributed by atoms with van der Waals surface area (Å²) in [6.07, 6.45) is 4.08. The van der Waals surface area contributed by atoms with E-state index in [2.05, 4.69) is 9.97 Å². The van der Waals surface area contributed by atoms with Crippen LogP contribution in [-0.4, -0.2) is 21.0 Å². The van der Waals surface area contributed by atoms with Gasteiger partial charge in [-0.15, -0.1) is 0 Å². The molecule has 5 heteroatoms. The van der Waals surface area contributed by atoms with Crippen molar-refractivity contribution in [2.45, 2.75) is 19.8 Å². The number of aromatic nitrogens is 2. The Bertz CT molecular complexity index is 562. The van der Waals surface area contributed by atoms with Crippen molar-refractivity contribution < 1.29 is 20.0 Å². The smallest absolute Gasteiger partial charge is 0.239 e. The number of aryl methyl sites for hydroxylation is 1. The lowest BCUT2D eigenvalue weighted by Gasteiger charge is -2.07. The fourth-order valence-corrected chi connectivity index (χ4v) is 1.82. The van der Waals surface area contributed by atoms with Gasteiger partial charge in [-0.05, 0) is 18.1 Å². The molecule has 0 aliphatic rings. The monoisotopic (exact) mass is 247 g/mol. The molecule has 5 nitrogen and oxygen atoms in total. The lowest BCUT2D eigenvalue weighted by atomic mass is 10.0. The van der Waals surface area contributed by atoms with Gasteiger partial charge < -0.3 is 10.2 Å². The molecular formula is C13H15N2O3+. The number of H-pyrrole nitrogens is 2. The van der Waals surface area contributed by atoms with E-state index in [0.29, 0.717) is 12.0 Å². The molecule has 2 aromatic rings. The summed E-state index contributed by atoms with van der Waals surface area (Å²) in [4.78, 5) is 17.7. The van der Waals surface area contributed by atoms with E-state index in [1.165, 1.54) is 6.07 Å². The molecule has 1 heterocycles. The standard InChI is InChI=1S/C13H14N2O3/c1-2-8-3-10(13(18)5-11(8)16)12(17)4-9-6-14-7-15-9/h3,5-7,16,18H,2,4H2,1H3,(H,14,15)/p+1. The van der Waals surface area contributed by atoms with Crippen LogP contribution >= 0.6 is 0 Å². The zero-order valence-electron chi connectivity index (χ0n) is 10.0. The number of hydrogen-bond donors (Lipinski definition) is 3. The molecule has 0 radical (unpaired) electrons. The summed E-state index contributed by atoms with van der Waals surface area (Å²) in [5.74, 6) is -0.372. The van der Waals surface area contributed by atoms with Crippen molar-refractivity contribution in [1.29, 1.82) is 0 Å². The van der Waals surface area contributed by atoms with Gasteiger partial charge in [0.25, 0.3) is 0 Å². The minimum Gasteiger partial charge on any atom is -0.508 e. The average Bonchev–Trinajstić information content (AvgIpc) is 2.81. The van der Waals surface area contributed by atoms with E-state index < -0.39 is 0 Å². The van der Waals surface area contributed by atoms with E-state index in [4.69, 9.17) is 0 Å². The van der Waals surface area contributed by atoms with Gasteiger partial charge in [0, 0.05) is 6.07 Å². The van der Waals surface area contributed by atoms with Crippen LogP contribution in [0.4, 0.5) is 0 Å². The topological polar surface area (TPSA) is 87.5 Å². The molecule has 0 unspecified atom stereocenters. The minimum absolute atomic E-state index is 0.0137. The maximum absolute atomic E-state index is 12.0. The zero-order valence-corrected chi connectivity index (χ0v) is 10.0. The lowest BCUT2D eigenvalue weighted by molar-refractivity contribution is -0.376. The second kappa shape index (κ2) is 4.91. The summed E-state index contributed by atoms with van der Waals surface area (Å²) in [5, 5.41) is 19.3. The molecule has 18 heavy (non-hydrogen) atoms. The number of aromatic amines is 2. The summed E-state index contributed by atoms with van der Waals surface area (Å²) >= 11 is 0. The van der Waals surface area contributed by atoms with Crippen molar-refractivity contribution in [3.05, 3.63) is 41.5 Å². The van der Waals surface area contributed by atoms with Crippen molar-refractivity contribution in [3.8, 4) is 11.5 Å². The zero-order chi connectivity index (χ0) is 13.1.